The highest BCUT2D eigenvalue weighted by atomic mass is 19.1. The first-order valence-electron chi connectivity index (χ1n) is 11.6. The molecule has 8 heteroatoms. The first-order chi connectivity index (χ1) is 16.5. The summed E-state index contributed by atoms with van der Waals surface area (Å²) in [4.78, 5) is 27.5. The predicted octanol–water partition coefficient (Wildman–Crippen LogP) is 3.81. The van der Waals surface area contributed by atoms with Gasteiger partial charge in [0, 0.05) is 18.3 Å². The summed E-state index contributed by atoms with van der Waals surface area (Å²) in [5, 5.41) is 9.50. The van der Waals surface area contributed by atoms with E-state index in [1.54, 1.807) is 12.1 Å². The van der Waals surface area contributed by atoms with E-state index in [0.29, 0.717) is 16.8 Å². The number of carbonyl (C=O) groups is 2. The van der Waals surface area contributed by atoms with Crippen LogP contribution in [-0.2, 0) is 16.0 Å². The highest BCUT2D eigenvalue weighted by Gasteiger charge is 2.40. The molecule has 2 fully saturated rings. The normalized spacial score (nSPS) is 20.8. The summed E-state index contributed by atoms with van der Waals surface area (Å²) in [5.41, 5.74) is 2.68. The van der Waals surface area contributed by atoms with Gasteiger partial charge in [0.15, 0.2) is 0 Å². The third-order valence-corrected chi connectivity index (χ3v) is 6.57. The number of nitrogens with one attached hydrogen (secondary N) is 2. The van der Waals surface area contributed by atoms with E-state index in [9.17, 15) is 18.4 Å². The lowest BCUT2D eigenvalue weighted by molar-refractivity contribution is -0.138. The molecular formula is C26H26F2N4O2. The molecule has 3 aromatic rings. The van der Waals surface area contributed by atoms with Crippen LogP contribution in [0.15, 0.2) is 60.8 Å². The third-order valence-electron chi connectivity index (χ3n) is 6.57. The largest absolute Gasteiger partial charge is 0.343 e. The fraction of sp³-hybridized carbons (Fsp3) is 0.346. The van der Waals surface area contributed by atoms with E-state index in [1.165, 1.54) is 17.2 Å². The minimum Gasteiger partial charge on any atom is -0.343 e. The first-order valence-corrected chi connectivity index (χ1v) is 11.6. The molecule has 0 bridgehead atoms. The number of aromatic nitrogens is 2. The van der Waals surface area contributed by atoms with Gasteiger partial charge >= 0.3 is 0 Å². The topological polar surface area (TPSA) is 78.1 Å². The number of rotatable bonds is 7. The van der Waals surface area contributed by atoms with Gasteiger partial charge in [0.25, 0.3) is 0 Å². The summed E-state index contributed by atoms with van der Waals surface area (Å²) in [6.45, 7) is -0.133. The van der Waals surface area contributed by atoms with Gasteiger partial charge in [0.05, 0.1) is 19.0 Å². The van der Waals surface area contributed by atoms with Gasteiger partial charge in [-0.2, -0.15) is 5.10 Å². The Kier molecular flexibility index (Phi) is 6.13. The van der Waals surface area contributed by atoms with Crippen molar-refractivity contribution in [2.24, 2.45) is 0 Å². The van der Waals surface area contributed by atoms with Gasteiger partial charge in [0.1, 0.15) is 18.0 Å². The minimum absolute atomic E-state index is 0.00640. The van der Waals surface area contributed by atoms with Gasteiger partial charge in [-0.1, -0.05) is 42.5 Å². The zero-order chi connectivity index (χ0) is 23.7. The van der Waals surface area contributed by atoms with Crippen LogP contribution in [-0.4, -0.2) is 45.7 Å². The van der Waals surface area contributed by atoms with Gasteiger partial charge < -0.3 is 10.2 Å². The molecule has 34 heavy (non-hydrogen) atoms. The summed E-state index contributed by atoms with van der Waals surface area (Å²) < 4.78 is 29.2. The van der Waals surface area contributed by atoms with E-state index in [-0.39, 0.29) is 37.0 Å². The lowest BCUT2D eigenvalue weighted by atomic mass is 9.96. The molecule has 0 unspecified atom stereocenters. The third kappa shape index (κ3) is 4.71. The summed E-state index contributed by atoms with van der Waals surface area (Å²) in [5.74, 6) is -0.816. The second kappa shape index (κ2) is 9.37. The number of likely N-dealkylation sites (tertiary alicyclic amines) is 1. The molecule has 2 N–H and O–H groups in total. The highest BCUT2D eigenvalue weighted by molar-refractivity contribution is 5.89. The molecule has 1 aliphatic heterocycles. The van der Waals surface area contributed by atoms with Crippen LogP contribution >= 0.6 is 0 Å². The Morgan fingerprint density at radius 3 is 2.59 bits per heavy atom. The molecule has 2 aliphatic rings. The van der Waals surface area contributed by atoms with Gasteiger partial charge in [-0.3, -0.25) is 14.7 Å². The van der Waals surface area contributed by atoms with Crippen molar-refractivity contribution in [3.8, 4) is 0 Å². The van der Waals surface area contributed by atoms with Crippen molar-refractivity contribution >= 4 is 11.8 Å². The maximum absolute atomic E-state index is 14.8. The van der Waals surface area contributed by atoms with Gasteiger partial charge in [0.2, 0.25) is 11.8 Å². The maximum atomic E-state index is 14.8. The zero-order valence-corrected chi connectivity index (χ0v) is 18.6. The van der Waals surface area contributed by atoms with Crippen LogP contribution in [0.1, 0.15) is 53.6 Å². The average Bonchev–Trinajstić information content (AvgIpc) is 3.40. The van der Waals surface area contributed by atoms with E-state index < -0.39 is 24.2 Å². The van der Waals surface area contributed by atoms with Crippen molar-refractivity contribution in [2.45, 2.75) is 49.9 Å². The van der Waals surface area contributed by atoms with Crippen molar-refractivity contribution in [1.82, 2.24) is 20.4 Å². The van der Waals surface area contributed by atoms with Gasteiger partial charge in [-0.05, 0) is 47.6 Å². The number of aromatic amines is 1. The van der Waals surface area contributed by atoms with Crippen LogP contribution in [0.25, 0.3) is 0 Å². The maximum Gasteiger partial charge on any atom is 0.243 e. The Labute approximate surface area is 196 Å². The number of alkyl halides is 1. The van der Waals surface area contributed by atoms with Crippen LogP contribution in [0.3, 0.4) is 0 Å². The fourth-order valence-electron chi connectivity index (χ4n) is 4.65. The second-order valence-corrected chi connectivity index (χ2v) is 9.06. The molecule has 0 spiro atoms. The van der Waals surface area contributed by atoms with Crippen molar-refractivity contribution in [1.29, 1.82) is 0 Å². The Morgan fingerprint density at radius 2 is 1.91 bits per heavy atom. The average molecular weight is 465 g/mol. The standard InChI is InChI=1S/C26H26F2N4O2/c27-19-13-23(32(15-19)24(33)14-20-10-11-29-31-20)26(34)30-25(17-4-2-1-3-5-17)18-8-9-21(16-6-7-16)22(28)12-18/h1-5,8-12,16,19,23,25H,6-7,13-15H2,(H,29,31)(H,30,34)/t19-,23+,25+/m1/s1. The van der Waals surface area contributed by atoms with Crippen molar-refractivity contribution < 1.29 is 18.4 Å². The minimum atomic E-state index is -1.29. The number of hydrogen-bond donors (Lipinski definition) is 2. The van der Waals surface area contributed by atoms with Crippen LogP contribution in [0.2, 0.25) is 0 Å². The predicted molar refractivity (Wildman–Crippen MR) is 122 cm³/mol. The quantitative estimate of drug-likeness (QED) is 0.558. The Hall–Kier alpha value is -3.55. The summed E-state index contributed by atoms with van der Waals surface area (Å²) in [6, 6.07) is 14.5. The number of halogens is 2. The molecule has 3 atom stereocenters. The molecule has 2 heterocycles. The second-order valence-electron chi connectivity index (χ2n) is 9.06. The molecule has 1 saturated heterocycles. The van der Waals surface area contributed by atoms with Gasteiger partial charge in [-0.15, -0.1) is 0 Å². The summed E-state index contributed by atoms with van der Waals surface area (Å²) >= 11 is 0. The molecule has 2 amide bonds. The molecule has 1 aromatic heterocycles. The SMILES string of the molecule is O=C(N[C@@H](c1ccccc1)c1ccc(C2CC2)c(F)c1)[C@@H]1C[C@@H](F)CN1C(=O)Cc1ccn[nH]1. The number of H-pyrrole nitrogens is 1. The Bertz CT molecular complexity index is 1160. The lowest BCUT2D eigenvalue weighted by Crippen LogP contribution is -2.47. The molecule has 6 nitrogen and oxygen atoms in total. The molecule has 176 valence electrons. The highest BCUT2D eigenvalue weighted by Crippen LogP contribution is 2.42. The Balaban J connectivity index is 1.38. The number of carbonyl (C=O) groups excluding carboxylic acids is 2. The van der Waals surface area contributed by atoms with Crippen LogP contribution < -0.4 is 5.32 Å². The van der Waals surface area contributed by atoms with Gasteiger partial charge in [-0.25, -0.2) is 8.78 Å². The number of benzene rings is 2. The molecule has 5 rings (SSSR count). The molecule has 0 radical (unpaired) electrons. The van der Waals surface area contributed by atoms with E-state index in [1.807, 2.05) is 36.4 Å². The van der Waals surface area contributed by atoms with Crippen molar-refractivity contribution in [3.05, 3.63) is 89.0 Å². The van der Waals surface area contributed by atoms with Crippen molar-refractivity contribution in [2.75, 3.05) is 6.54 Å². The van der Waals surface area contributed by atoms with Crippen LogP contribution in [0.4, 0.5) is 8.78 Å². The molecule has 1 saturated carbocycles. The summed E-state index contributed by atoms with van der Waals surface area (Å²) in [6.07, 6.45) is 2.16. The van der Waals surface area contributed by atoms with E-state index in [0.717, 1.165) is 18.4 Å². The smallest absolute Gasteiger partial charge is 0.243 e. The molecular weight excluding hydrogens is 438 g/mol. The number of hydrogen-bond acceptors (Lipinski definition) is 3. The monoisotopic (exact) mass is 464 g/mol. The van der Waals surface area contributed by atoms with Crippen LogP contribution in [0.5, 0.6) is 0 Å². The summed E-state index contributed by atoms with van der Waals surface area (Å²) in [7, 11) is 0. The Morgan fingerprint density at radius 1 is 1.12 bits per heavy atom. The molecule has 1 aliphatic carbocycles. The van der Waals surface area contributed by atoms with E-state index >= 15 is 0 Å². The van der Waals surface area contributed by atoms with E-state index in [2.05, 4.69) is 15.5 Å². The molecule has 2 aromatic carbocycles. The van der Waals surface area contributed by atoms with E-state index in [4.69, 9.17) is 0 Å². The fourth-order valence-corrected chi connectivity index (χ4v) is 4.65. The first kappa shape index (κ1) is 22.3. The number of amides is 2. The number of nitrogens with zero attached hydrogens (tertiary/aromatic N) is 2. The lowest BCUT2D eigenvalue weighted by Gasteiger charge is -2.27. The van der Waals surface area contributed by atoms with Crippen molar-refractivity contribution in [3.63, 3.8) is 0 Å². The van der Waals surface area contributed by atoms with Crippen LogP contribution in [0, 0.1) is 5.82 Å². The zero-order valence-electron chi connectivity index (χ0n) is 18.6.